The largest absolute Gasteiger partial charge is 0.382 e. The van der Waals surface area contributed by atoms with Crippen molar-refractivity contribution in [1.29, 1.82) is 0 Å². The number of aromatic nitrogens is 4. The molecule has 0 atom stereocenters. The van der Waals surface area contributed by atoms with E-state index in [2.05, 4.69) is 9.97 Å². The van der Waals surface area contributed by atoms with Crippen molar-refractivity contribution in [2.75, 3.05) is 5.73 Å². The Morgan fingerprint density at radius 2 is 1.88 bits per heavy atom. The molecule has 6 nitrogen and oxygen atoms in total. The maximum Gasteiger partial charge on any atom is 0.328 e. The molecule has 0 saturated heterocycles. The molecule has 1 aliphatic rings. The first-order valence-corrected chi connectivity index (χ1v) is 8.52. The summed E-state index contributed by atoms with van der Waals surface area (Å²) in [6.07, 6.45) is 5.87. The topological polar surface area (TPSA) is 89.6 Å². The van der Waals surface area contributed by atoms with E-state index in [0.717, 1.165) is 24.2 Å². The third-order valence-corrected chi connectivity index (χ3v) is 4.82. The highest BCUT2D eigenvalue weighted by molar-refractivity contribution is 5.81. The Labute approximate surface area is 139 Å². The van der Waals surface area contributed by atoms with Gasteiger partial charge in [-0.1, -0.05) is 49.6 Å². The van der Waals surface area contributed by atoms with Gasteiger partial charge in [0.2, 0.25) is 0 Å². The van der Waals surface area contributed by atoms with E-state index in [1.54, 1.807) is 4.57 Å². The van der Waals surface area contributed by atoms with Gasteiger partial charge in [0.15, 0.2) is 11.5 Å². The van der Waals surface area contributed by atoms with Gasteiger partial charge in [-0.2, -0.15) is 0 Å². The van der Waals surface area contributed by atoms with Crippen LogP contribution in [0.3, 0.4) is 0 Å². The number of nitrogens with two attached hydrogens (primary N) is 1. The highest BCUT2D eigenvalue weighted by Crippen LogP contribution is 2.31. The molecule has 1 aromatic carbocycles. The number of imidazole rings is 1. The highest BCUT2D eigenvalue weighted by atomic mass is 16.1. The SMILES string of the molecule is Nc1nc(C2CCCCC2)nc2c1[nH]c(=O)n2Cc1ccccc1. The van der Waals surface area contributed by atoms with Crippen molar-refractivity contribution in [2.24, 2.45) is 0 Å². The van der Waals surface area contributed by atoms with E-state index in [1.807, 2.05) is 30.3 Å². The van der Waals surface area contributed by atoms with Crippen molar-refractivity contribution in [1.82, 2.24) is 19.5 Å². The molecular weight excluding hydrogens is 302 g/mol. The molecule has 0 radical (unpaired) electrons. The van der Waals surface area contributed by atoms with Gasteiger partial charge < -0.3 is 10.7 Å². The lowest BCUT2D eigenvalue weighted by atomic mass is 9.89. The molecule has 0 unspecified atom stereocenters. The summed E-state index contributed by atoms with van der Waals surface area (Å²) in [4.78, 5) is 24.4. The number of nitrogens with one attached hydrogen (secondary N) is 1. The molecule has 124 valence electrons. The zero-order valence-electron chi connectivity index (χ0n) is 13.5. The minimum Gasteiger partial charge on any atom is -0.382 e. The van der Waals surface area contributed by atoms with Crippen molar-refractivity contribution in [2.45, 2.75) is 44.6 Å². The van der Waals surface area contributed by atoms with E-state index >= 15 is 0 Å². The summed E-state index contributed by atoms with van der Waals surface area (Å²) in [5.74, 6) is 1.49. The number of rotatable bonds is 3. The smallest absolute Gasteiger partial charge is 0.328 e. The second-order valence-electron chi connectivity index (χ2n) is 6.50. The fourth-order valence-corrected chi connectivity index (χ4v) is 3.53. The minimum absolute atomic E-state index is 0.198. The summed E-state index contributed by atoms with van der Waals surface area (Å²) in [5.41, 5.74) is 8.10. The van der Waals surface area contributed by atoms with E-state index in [1.165, 1.54) is 19.3 Å². The molecule has 2 heterocycles. The van der Waals surface area contributed by atoms with Crippen molar-refractivity contribution < 1.29 is 0 Å². The van der Waals surface area contributed by atoms with Crippen LogP contribution >= 0.6 is 0 Å². The molecule has 3 aromatic rings. The zero-order chi connectivity index (χ0) is 16.5. The van der Waals surface area contributed by atoms with Crippen LogP contribution in [0.25, 0.3) is 11.2 Å². The Balaban J connectivity index is 1.80. The van der Waals surface area contributed by atoms with Crippen LogP contribution in [0.2, 0.25) is 0 Å². The lowest BCUT2D eigenvalue weighted by molar-refractivity contribution is 0.429. The number of hydrogen-bond acceptors (Lipinski definition) is 4. The number of nitrogens with zero attached hydrogens (tertiary/aromatic N) is 3. The molecule has 0 amide bonds. The van der Waals surface area contributed by atoms with E-state index in [4.69, 9.17) is 10.7 Å². The molecule has 1 aliphatic carbocycles. The molecule has 3 N–H and O–H groups in total. The first-order chi connectivity index (χ1) is 11.7. The fourth-order valence-electron chi connectivity index (χ4n) is 3.53. The second-order valence-corrected chi connectivity index (χ2v) is 6.50. The molecule has 2 aromatic heterocycles. The maximum atomic E-state index is 12.4. The Hall–Kier alpha value is -2.63. The van der Waals surface area contributed by atoms with Crippen molar-refractivity contribution in [3.05, 3.63) is 52.2 Å². The number of fused-ring (bicyclic) bond motifs is 1. The van der Waals surface area contributed by atoms with Gasteiger partial charge in [0.1, 0.15) is 11.3 Å². The predicted octanol–water partition coefficient (Wildman–Crippen LogP) is 2.80. The summed E-state index contributed by atoms with van der Waals surface area (Å²) in [7, 11) is 0. The van der Waals surface area contributed by atoms with Gasteiger partial charge in [-0.25, -0.2) is 14.8 Å². The maximum absolute atomic E-state index is 12.4. The summed E-state index contributed by atoms with van der Waals surface area (Å²) in [6, 6.07) is 9.89. The van der Waals surface area contributed by atoms with Gasteiger partial charge in [0.05, 0.1) is 6.54 Å². The van der Waals surface area contributed by atoms with Crippen molar-refractivity contribution in [3.63, 3.8) is 0 Å². The van der Waals surface area contributed by atoms with Gasteiger partial charge in [-0.3, -0.25) is 4.57 Å². The van der Waals surface area contributed by atoms with E-state index in [0.29, 0.717) is 29.4 Å². The highest BCUT2D eigenvalue weighted by Gasteiger charge is 2.21. The van der Waals surface area contributed by atoms with E-state index < -0.39 is 0 Å². The average molecular weight is 323 g/mol. The van der Waals surface area contributed by atoms with Crippen LogP contribution < -0.4 is 11.4 Å². The predicted molar refractivity (Wildman–Crippen MR) is 93.9 cm³/mol. The first-order valence-electron chi connectivity index (χ1n) is 8.52. The first kappa shape index (κ1) is 14.9. The van der Waals surface area contributed by atoms with Crippen LogP contribution in [0.4, 0.5) is 5.82 Å². The Bertz CT molecular complexity index is 906. The summed E-state index contributed by atoms with van der Waals surface area (Å²) in [5, 5.41) is 0. The number of hydrogen-bond donors (Lipinski definition) is 2. The number of anilines is 1. The van der Waals surface area contributed by atoms with Gasteiger partial charge in [0, 0.05) is 5.92 Å². The molecular formula is C18H21N5O. The van der Waals surface area contributed by atoms with Crippen LogP contribution in [0, 0.1) is 0 Å². The monoisotopic (exact) mass is 323 g/mol. The second kappa shape index (κ2) is 6.11. The van der Waals surface area contributed by atoms with Crippen LogP contribution in [0.1, 0.15) is 49.4 Å². The Kier molecular flexibility index (Phi) is 3.80. The van der Waals surface area contributed by atoms with E-state index in [-0.39, 0.29) is 5.69 Å². The average Bonchev–Trinajstić information content (AvgIpc) is 2.93. The molecule has 24 heavy (non-hydrogen) atoms. The minimum atomic E-state index is -0.198. The van der Waals surface area contributed by atoms with E-state index in [9.17, 15) is 4.79 Å². The van der Waals surface area contributed by atoms with Crippen LogP contribution in [0.15, 0.2) is 35.1 Å². The normalized spacial score (nSPS) is 15.8. The number of benzene rings is 1. The Morgan fingerprint density at radius 1 is 1.12 bits per heavy atom. The molecule has 0 spiro atoms. The summed E-state index contributed by atoms with van der Waals surface area (Å²) in [6.45, 7) is 0.472. The lowest BCUT2D eigenvalue weighted by Crippen LogP contribution is -2.18. The fraction of sp³-hybridized carbons (Fsp3) is 0.389. The molecule has 0 aliphatic heterocycles. The van der Waals surface area contributed by atoms with Gasteiger partial charge in [0.25, 0.3) is 0 Å². The molecule has 0 bridgehead atoms. The lowest BCUT2D eigenvalue weighted by Gasteiger charge is -2.20. The zero-order valence-corrected chi connectivity index (χ0v) is 13.5. The summed E-state index contributed by atoms with van der Waals surface area (Å²) >= 11 is 0. The third kappa shape index (κ3) is 2.68. The number of aromatic amines is 1. The van der Waals surface area contributed by atoms with Crippen molar-refractivity contribution in [3.8, 4) is 0 Å². The van der Waals surface area contributed by atoms with Crippen LogP contribution in [-0.4, -0.2) is 19.5 Å². The number of H-pyrrole nitrogens is 1. The third-order valence-electron chi connectivity index (χ3n) is 4.82. The van der Waals surface area contributed by atoms with Gasteiger partial charge in [-0.15, -0.1) is 0 Å². The molecule has 4 rings (SSSR count). The molecule has 1 fully saturated rings. The molecule has 1 saturated carbocycles. The van der Waals surface area contributed by atoms with Crippen molar-refractivity contribution >= 4 is 17.0 Å². The number of nitrogen functional groups attached to an aromatic ring is 1. The Morgan fingerprint density at radius 3 is 2.62 bits per heavy atom. The standard InChI is InChI=1S/C18H21N5O/c19-15-14-17(22-16(21-15)13-9-5-2-6-10-13)23(18(24)20-14)11-12-7-3-1-4-8-12/h1,3-4,7-8,13H,2,5-6,9-11H2,(H,20,24)(H2,19,21,22). The van der Waals surface area contributed by atoms with Gasteiger partial charge in [-0.05, 0) is 18.4 Å². The van der Waals surface area contributed by atoms with Crippen LogP contribution in [-0.2, 0) is 6.54 Å². The molecule has 6 heteroatoms. The summed E-state index contributed by atoms with van der Waals surface area (Å²) < 4.78 is 1.65. The van der Waals surface area contributed by atoms with Gasteiger partial charge >= 0.3 is 5.69 Å². The quantitative estimate of drug-likeness (QED) is 0.775. The van der Waals surface area contributed by atoms with Crippen LogP contribution in [0.5, 0.6) is 0 Å².